The summed E-state index contributed by atoms with van der Waals surface area (Å²) in [6.07, 6.45) is -4.49. The van der Waals surface area contributed by atoms with E-state index in [0.717, 1.165) is 12.1 Å². The summed E-state index contributed by atoms with van der Waals surface area (Å²) in [4.78, 5) is 8.94. The number of aromatic nitrogens is 2. The van der Waals surface area contributed by atoms with E-state index in [0.29, 0.717) is 58.6 Å². The van der Waals surface area contributed by atoms with Crippen LogP contribution in [0.4, 0.5) is 24.7 Å². The van der Waals surface area contributed by atoms with Crippen LogP contribution in [0.15, 0.2) is 24.3 Å². The van der Waals surface area contributed by atoms with Crippen molar-refractivity contribution in [1.82, 2.24) is 9.97 Å². The van der Waals surface area contributed by atoms with E-state index in [1.165, 1.54) is 13.2 Å². The first-order valence-corrected chi connectivity index (χ1v) is 9.56. The first-order valence-electron chi connectivity index (χ1n) is 9.56. The Kier molecular flexibility index (Phi) is 5.16. The molecule has 3 N–H and O–H groups in total. The van der Waals surface area contributed by atoms with Crippen molar-refractivity contribution < 1.29 is 27.4 Å². The Hall–Kier alpha value is -3.43. The molecule has 31 heavy (non-hydrogen) atoms. The molecule has 0 saturated heterocycles. The second kappa shape index (κ2) is 7.68. The van der Waals surface area contributed by atoms with Crippen LogP contribution < -0.4 is 25.3 Å². The van der Waals surface area contributed by atoms with Gasteiger partial charge in [0.05, 0.1) is 24.1 Å². The van der Waals surface area contributed by atoms with Gasteiger partial charge in [0.1, 0.15) is 30.4 Å². The van der Waals surface area contributed by atoms with E-state index in [2.05, 4.69) is 15.3 Å². The van der Waals surface area contributed by atoms with Gasteiger partial charge in [-0.2, -0.15) is 13.2 Å². The summed E-state index contributed by atoms with van der Waals surface area (Å²) in [5, 5.41) is 3.78. The quantitative estimate of drug-likeness (QED) is 0.585. The van der Waals surface area contributed by atoms with Gasteiger partial charge in [-0.25, -0.2) is 9.97 Å². The smallest absolute Gasteiger partial charge is 0.416 e. The number of nitrogens with one attached hydrogen (secondary N) is 1. The average Bonchev–Trinajstić information content (AvgIpc) is 2.72. The monoisotopic (exact) mass is 434 g/mol. The third-order valence-corrected chi connectivity index (χ3v) is 4.93. The molecule has 1 aliphatic heterocycles. The largest absolute Gasteiger partial charge is 0.493 e. The lowest BCUT2D eigenvalue weighted by Crippen LogP contribution is -2.17. The van der Waals surface area contributed by atoms with Gasteiger partial charge in [0.2, 0.25) is 5.75 Å². The molecule has 0 radical (unpaired) electrons. The van der Waals surface area contributed by atoms with E-state index >= 15 is 0 Å². The molecule has 0 spiro atoms. The van der Waals surface area contributed by atoms with E-state index in [-0.39, 0.29) is 5.69 Å². The lowest BCUT2D eigenvalue weighted by molar-refractivity contribution is -0.137. The zero-order valence-electron chi connectivity index (χ0n) is 17.1. The fraction of sp³-hybridized carbons (Fsp3) is 0.333. The zero-order chi connectivity index (χ0) is 22.3. The molecule has 2 heterocycles. The summed E-state index contributed by atoms with van der Waals surface area (Å²) in [5.74, 6) is 2.26. The molecule has 0 aliphatic carbocycles. The van der Waals surface area contributed by atoms with Crippen molar-refractivity contribution >= 4 is 22.4 Å². The van der Waals surface area contributed by atoms with Crippen molar-refractivity contribution in [1.29, 1.82) is 0 Å². The molecule has 0 fully saturated rings. The topological polar surface area (TPSA) is 91.5 Å². The number of methoxy groups -OCH3 is 1. The summed E-state index contributed by atoms with van der Waals surface area (Å²) in [6.45, 7) is 4.20. The predicted molar refractivity (Wildman–Crippen MR) is 110 cm³/mol. The van der Waals surface area contributed by atoms with Gasteiger partial charge < -0.3 is 25.3 Å². The van der Waals surface area contributed by atoms with Crippen LogP contribution in [0.25, 0.3) is 10.9 Å². The number of rotatable bonds is 4. The molecule has 0 amide bonds. The Bertz CT molecular complexity index is 1150. The fourth-order valence-corrected chi connectivity index (χ4v) is 3.51. The normalized spacial score (nSPS) is 14.4. The van der Waals surface area contributed by atoms with Gasteiger partial charge in [-0.05, 0) is 43.7 Å². The van der Waals surface area contributed by atoms with E-state index in [4.69, 9.17) is 19.9 Å². The van der Waals surface area contributed by atoms with Gasteiger partial charge in [0.25, 0.3) is 0 Å². The summed E-state index contributed by atoms with van der Waals surface area (Å²) in [7, 11) is 1.51. The standard InChI is InChI=1S/C21H21F3N4O3/c1-10(12-6-13(21(22,23)24)8-14(25)7-12)26-20-15-9-16(29-3)18-19(31-5-4-30-18)17(15)27-11(2)28-20/h6-10H,4-5,25H2,1-3H3,(H,26,27,28)/t10-/m1/s1. The highest BCUT2D eigenvalue weighted by Gasteiger charge is 2.31. The molecule has 7 nitrogen and oxygen atoms in total. The highest BCUT2D eigenvalue weighted by molar-refractivity contribution is 5.97. The minimum atomic E-state index is -4.49. The third-order valence-electron chi connectivity index (χ3n) is 4.93. The maximum atomic E-state index is 13.2. The highest BCUT2D eigenvalue weighted by atomic mass is 19.4. The maximum Gasteiger partial charge on any atom is 0.416 e. The molecule has 1 aliphatic rings. The molecule has 164 valence electrons. The number of nitrogens with two attached hydrogens (primary N) is 1. The Labute approximate surface area is 176 Å². The number of hydrogen-bond acceptors (Lipinski definition) is 7. The first kappa shape index (κ1) is 20.8. The summed E-state index contributed by atoms with van der Waals surface area (Å²) in [6, 6.07) is 4.68. The lowest BCUT2D eigenvalue weighted by atomic mass is 10.0. The van der Waals surface area contributed by atoms with E-state index < -0.39 is 17.8 Å². The third kappa shape index (κ3) is 3.97. The second-order valence-electron chi connectivity index (χ2n) is 7.20. The van der Waals surface area contributed by atoms with Crippen molar-refractivity contribution in [3.05, 3.63) is 41.2 Å². The minimum absolute atomic E-state index is 0.0310. The van der Waals surface area contributed by atoms with Crippen LogP contribution in [0.2, 0.25) is 0 Å². The molecule has 10 heteroatoms. The zero-order valence-corrected chi connectivity index (χ0v) is 17.1. The molecule has 4 rings (SSSR count). The van der Waals surface area contributed by atoms with Crippen LogP contribution in [0, 0.1) is 6.92 Å². The Morgan fingerprint density at radius 3 is 2.48 bits per heavy atom. The van der Waals surface area contributed by atoms with E-state index in [9.17, 15) is 13.2 Å². The Morgan fingerprint density at radius 1 is 1.10 bits per heavy atom. The predicted octanol–water partition coefficient (Wildman–Crippen LogP) is 4.49. The number of fused-ring (bicyclic) bond motifs is 3. The van der Waals surface area contributed by atoms with Gasteiger partial charge in [-0.3, -0.25) is 0 Å². The lowest BCUT2D eigenvalue weighted by Gasteiger charge is -2.23. The van der Waals surface area contributed by atoms with E-state index in [1.807, 2.05) is 0 Å². The highest BCUT2D eigenvalue weighted by Crippen LogP contribution is 2.46. The van der Waals surface area contributed by atoms with Crippen LogP contribution in [0.3, 0.4) is 0 Å². The number of alkyl halides is 3. The van der Waals surface area contributed by atoms with Crippen LogP contribution in [-0.4, -0.2) is 30.3 Å². The van der Waals surface area contributed by atoms with Crippen molar-refractivity contribution in [2.24, 2.45) is 0 Å². The van der Waals surface area contributed by atoms with Crippen LogP contribution in [-0.2, 0) is 6.18 Å². The number of anilines is 2. The van der Waals surface area contributed by atoms with Crippen molar-refractivity contribution in [2.75, 3.05) is 31.4 Å². The maximum absolute atomic E-state index is 13.2. The minimum Gasteiger partial charge on any atom is -0.493 e. The summed E-state index contributed by atoms with van der Waals surface area (Å²) >= 11 is 0. The number of nitrogen functional groups attached to an aromatic ring is 1. The number of aryl methyl sites for hydroxylation is 1. The van der Waals surface area contributed by atoms with Crippen molar-refractivity contribution in [3.63, 3.8) is 0 Å². The number of ether oxygens (including phenoxy) is 3. The van der Waals surface area contributed by atoms with Gasteiger partial charge in [-0.1, -0.05) is 0 Å². The van der Waals surface area contributed by atoms with Gasteiger partial charge in [0.15, 0.2) is 11.5 Å². The van der Waals surface area contributed by atoms with Crippen molar-refractivity contribution in [3.8, 4) is 17.2 Å². The summed E-state index contributed by atoms with van der Waals surface area (Å²) < 4.78 is 56.5. The molecule has 0 unspecified atom stereocenters. The van der Waals surface area contributed by atoms with Gasteiger partial charge >= 0.3 is 6.18 Å². The number of nitrogens with zero attached hydrogens (tertiary/aromatic N) is 2. The van der Waals surface area contributed by atoms with Crippen LogP contribution in [0.1, 0.15) is 29.9 Å². The Morgan fingerprint density at radius 2 is 1.81 bits per heavy atom. The number of benzene rings is 2. The SMILES string of the molecule is COc1cc2c(N[C@H](C)c3cc(N)cc(C(F)(F)F)c3)nc(C)nc2c2c1OCCO2. The molecule has 3 aromatic rings. The molecule has 1 aromatic heterocycles. The molecule has 1 atom stereocenters. The fourth-order valence-electron chi connectivity index (χ4n) is 3.51. The number of halogens is 3. The average molecular weight is 434 g/mol. The van der Waals surface area contributed by atoms with Gasteiger partial charge in [-0.15, -0.1) is 0 Å². The summed E-state index contributed by atoms with van der Waals surface area (Å²) in [5.41, 5.74) is 5.85. The molecular formula is C21H21F3N4O3. The molecular weight excluding hydrogens is 413 g/mol. The second-order valence-corrected chi connectivity index (χ2v) is 7.20. The Balaban J connectivity index is 1.79. The van der Waals surface area contributed by atoms with Crippen LogP contribution >= 0.6 is 0 Å². The van der Waals surface area contributed by atoms with Crippen molar-refractivity contribution in [2.45, 2.75) is 26.1 Å². The van der Waals surface area contributed by atoms with Crippen LogP contribution in [0.5, 0.6) is 17.2 Å². The molecule has 0 saturated carbocycles. The number of hydrogen-bond donors (Lipinski definition) is 2. The molecule has 2 aromatic carbocycles. The first-order chi connectivity index (χ1) is 14.7. The van der Waals surface area contributed by atoms with E-state index in [1.54, 1.807) is 19.9 Å². The van der Waals surface area contributed by atoms with Gasteiger partial charge in [0, 0.05) is 5.69 Å². The molecule has 0 bridgehead atoms.